The van der Waals surface area contributed by atoms with Crippen molar-refractivity contribution in [2.75, 3.05) is 19.6 Å². The molecule has 1 unspecified atom stereocenters. The molecular formula is C12H16N2O2. The Morgan fingerprint density at radius 1 is 1.25 bits per heavy atom. The van der Waals surface area contributed by atoms with E-state index < -0.39 is 0 Å². The number of benzene rings is 1. The van der Waals surface area contributed by atoms with Crippen molar-refractivity contribution >= 4 is 0 Å². The van der Waals surface area contributed by atoms with Crippen LogP contribution in [-0.2, 0) is 0 Å². The van der Waals surface area contributed by atoms with Gasteiger partial charge in [0.05, 0.1) is 0 Å². The fraction of sp³-hybridized carbons (Fsp3) is 0.500. The van der Waals surface area contributed by atoms with Gasteiger partial charge in [0.1, 0.15) is 6.04 Å². The van der Waals surface area contributed by atoms with Crippen LogP contribution < -0.4 is 0 Å². The Kier molecular flexibility index (Phi) is 3.51. The molecule has 0 radical (unpaired) electrons. The first kappa shape index (κ1) is 11.1. The lowest BCUT2D eigenvalue weighted by Crippen LogP contribution is -2.30. The van der Waals surface area contributed by atoms with Crippen molar-refractivity contribution in [2.24, 2.45) is 0 Å². The first-order chi connectivity index (χ1) is 7.77. The molecule has 1 fully saturated rings. The second-order valence-electron chi connectivity index (χ2n) is 4.18. The maximum absolute atomic E-state index is 10.7. The molecule has 1 aliphatic rings. The Labute approximate surface area is 95.0 Å². The van der Waals surface area contributed by atoms with Crippen LogP contribution in [0.1, 0.15) is 24.4 Å². The van der Waals surface area contributed by atoms with Crippen molar-refractivity contribution in [1.29, 1.82) is 0 Å². The van der Waals surface area contributed by atoms with Crippen LogP contribution in [0.25, 0.3) is 0 Å². The third-order valence-electron chi connectivity index (χ3n) is 3.09. The average molecular weight is 220 g/mol. The smallest absolute Gasteiger partial charge is 0.223 e. The molecule has 1 aromatic carbocycles. The Morgan fingerprint density at radius 2 is 1.88 bits per heavy atom. The summed E-state index contributed by atoms with van der Waals surface area (Å²) in [6.07, 6.45) is 2.31. The molecule has 86 valence electrons. The van der Waals surface area contributed by atoms with Crippen LogP contribution in [0.3, 0.4) is 0 Å². The summed E-state index contributed by atoms with van der Waals surface area (Å²) < 4.78 is 0. The van der Waals surface area contributed by atoms with Crippen molar-refractivity contribution in [3.8, 4) is 0 Å². The van der Waals surface area contributed by atoms with Crippen molar-refractivity contribution in [1.82, 2.24) is 4.90 Å². The van der Waals surface area contributed by atoms with Gasteiger partial charge in [0, 0.05) is 4.92 Å². The van der Waals surface area contributed by atoms with E-state index >= 15 is 0 Å². The van der Waals surface area contributed by atoms with Gasteiger partial charge in [0.25, 0.3) is 0 Å². The van der Waals surface area contributed by atoms with E-state index in [1.54, 1.807) is 0 Å². The topological polar surface area (TPSA) is 46.4 Å². The quantitative estimate of drug-likeness (QED) is 0.576. The Hall–Kier alpha value is -1.42. The van der Waals surface area contributed by atoms with Gasteiger partial charge in [0.2, 0.25) is 6.54 Å². The Bertz CT molecular complexity index is 347. The van der Waals surface area contributed by atoms with Gasteiger partial charge in [-0.3, -0.25) is 15.0 Å². The van der Waals surface area contributed by atoms with E-state index in [0.29, 0.717) is 0 Å². The van der Waals surface area contributed by atoms with Crippen LogP contribution in [0.5, 0.6) is 0 Å². The molecule has 0 saturated carbocycles. The van der Waals surface area contributed by atoms with Crippen molar-refractivity contribution in [3.63, 3.8) is 0 Å². The van der Waals surface area contributed by atoms with E-state index in [4.69, 9.17) is 0 Å². The number of nitrogens with zero attached hydrogens (tertiary/aromatic N) is 2. The molecule has 2 rings (SSSR count). The number of likely N-dealkylation sites (tertiary alicyclic amines) is 1. The van der Waals surface area contributed by atoms with Crippen LogP contribution in [0.2, 0.25) is 0 Å². The molecule has 1 aromatic rings. The standard InChI is InChI=1S/C12H16N2O2/c15-14(16)10-12(13-8-4-5-9-13)11-6-2-1-3-7-11/h1-3,6-7,12H,4-5,8-10H2. The first-order valence-corrected chi connectivity index (χ1v) is 5.68. The third kappa shape index (κ3) is 2.58. The molecule has 0 spiro atoms. The van der Waals surface area contributed by atoms with Crippen LogP contribution in [0, 0.1) is 10.1 Å². The van der Waals surface area contributed by atoms with E-state index in [-0.39, 0.29) is 17.5 Å². The molecule has 16 heavy (non-hydrogen) atoms. The number of hydrogen-bond acceptors (Lipinski definition) is 3. The summed E-state index contributed by atoms with van der Waals surface area (Å²) in [5, 5.41) is 10.7. The van der Waals surface area contributed by atoms with Crippen molar-refractivity contribution < 1.29 is 4.92 Å². The summed E-state index contributed by atoms with van der Waals surface area (Å²) in [4.78, 5) is 12.7. The number of nitro groups is 1. The van der Waals surface area contributed by atoms with Gasteiger partial charge in [-0.1, -0.05) is 30.3 Å². The molecule has 0 aliphatic carbocycles. The largest absolute Gasteiger partial charge is 0.291 e. The van der Waals surface area contributed by atoms with Gasteiger partial charge in [-0.25, -0.2) is 0 Å². The molecule has 1 heterocycles. The maximum Gasteiger partial charge on any atom is 0.223 e. The van der Waals surface area contributed by atoms with E-state index in [1.165, 1.54) is 0 Å². The second kappa shape index (κ2) is 5.07. The summed E-state index contributed by atoms with van der Waals surface area (Å²) in [6, 6.07) is 9.73. The lowest BCUT2D eigenvalue weighted by Gasteiger charge is -2.24. The second-order valence-corrected chi connectivity index (χ2v) is 4.18. The predicted octanol–water partition coefficient (Wildman–Crippen LogP) is 2.10. The highest BCUT2D eigenvalue weighted by Crippen LogP contribution is 2.24. The molecule has 1 atom stereocenters. The van der Waals surface area contributed by atoms with Crippen LogP contribution >= 0.6 is 0 Å². The van der Waals surface area contributed by atoms with E-state index in [2.05, 4.69) is 4.90 Å². The fourth-order valence-corrected chi connectivity index (χ4v) is 2.30. The van der Waals surface area contributed by atoms with Gasteiger partial charge in [-0.2, -0.15) is 0 Å². The molecule has 0 bridgehead atoms. The van der Waals surface area contributed by atoms with E-state index in [1.807, 2.05) is 30.3 Å². The summed E-state index contributed by atoms with van der Waals surface area (Å²) in [6.45, 7) is 1.96. The molecule has 0 amide bonds. The monoisotopic (exact) mass is 220 g/mol. The SMILES string of the molecule is O=[N+]([O-])CC(c1ccccc1)N1CCCC1. The van der Waals surface area contributed by atoms with Gasteiger partial charge < -0.3 is 0 Å². The zero-order valence-corrected chi connectivity index (χ0v) is 9.21. The lowest BCUT2D eigenvalue weighted by atomic mass is 10.1. The van der Waals surface area contributed by atoms with E-state index in [9.17, 15) is 10.1 Å². The summed E-state index contributed by atoms with van der Waals surface area (Å²) in [5.41, 5.74) is 1.06. The molecule has 4 nitrogen and oxygen atoms in total. The first-order valence-electron chi connectivity index (χ1n) is 5.68. The summed E-state index contributed by atoms with van der Waals surface area (Å²) in [7, 11) is 0. The highest BCUT2D eigenvalue weighted by atomic mass is 16.6. The van der Waals surface area contributed by atoms with Crippen LogP contribution in [0.4, 0.5) is 0 Å². The maximum atomic E-state index is 10.7. The highest BCUT2D eigenvalue weighted by Gasteiger charge is 2.27. The van der Waals surface area contributed by atoms with E-state index in [0.717, 1.165) is 31.5 Å². The lowest BCUT2D eigenvalue weighted by molar-refractivity contribution is -0.487. The summed E-state index contributed by atoms with van der Waals surface area (Å²) in [5.74, 6) is 0. The fourth-order valence-electron chi connectivity index (χ4n) is 2.30. The Balaban J connectivity index is 2.16. The molecule has 0 aromatic heterocycles. The minimum Gasteiger partial charge on any atom is -0.291 e. The summed E-state index contributed by atoms with van der Waals surface area (Å²) >= 11 is 0. The number of rotatable bonds is 4. The molecule has 4 heteroatoms. The van der Waals surface area contributed by atoms with Gasteiger partial charge >= 0.3 is 0 Å². The third-order valence-corrected chi connectivity index (χ3v) is 3.09. The van der Waals surface area contributed by atoms with Crippen molar-refractivity contribution in [2.45, 2.75) is 18.9 Å². The molecular weight excluding hydrogens is 204 g/mol. The van der Waals surface area contributed by atoms with Crippen LogP contribution in [-0.4, -0.2) is 29.5 Å². The van der Waals surface area contributed by atoms with Crippen LogP contribution in [0.15, 0.2) is 30.3 Å². The normalized spacial score (nSPS) is 18.5. The Morgan fingerprint density at radius 3 is 2.44 bits per heavy atom. The van der Waals surface area contributed by atoms with Gasteiger partial charge in [-0.15, -0.1) is 0 Å². The van der Waals surface area contributed by atoms with Gasteiger partial charge in [-0.05, 0) is 31.5 Å². The van der Waals surface area contributed by atoms with Gasteiger partial charge in [0.15, 0.2) is 0 Å². The van der Waals surface area contributed by atoms with Crippen molar-refractivity contribution in [3.05, 3.63) is 46.0 Å². The highest BCUT2D eigenvalue weighted by molar-refractivity contribution is 5.19. The predicted molar refractivity (Wildman–Crippen MR) is 61.9 cm³/mol. The average Bonchev–Trinajstić information content (AvgIpc) is 2.80. The zero-order valence-electron chi connectivity index (χ0n) is 9.21. The minimum atomic E-state index is -0.212. The minimum absolute atomic E-state index is 0.00398. The molecule has 1 aliphatic heterocycles. The molecule has 1 saturated heterocycles. The number of hydrogen-bond donors (Lipinski definition) is 0. The molecule has 0 N–H and O–H groups in total. The zero-order chi connectivity index (χ0) is 11.4.